The van der Waals surface area contributed by atoms with Crippen LogP contribution in [0.5, 0.6) is 0 Å². The first-order valence-corrected chi connectivity index (χ1v) is 4.26. The fraction of sp³-hybridized carbons (Fsp3) is 0.125. The van der Waals surface area contributed by atoms with Crippen LogP contribution in [0.15, 0.2) is 11.6 Å². The summed E-state index contributed by atoms with van der Waals surface area (Å²) in [5, 5.41) is 0. The van der Waals surface area contributed by atoms with Gasteiger partial charge in [-0.15, -0.1) is 11.3 Å². The highest BCUT2D eigenvalue weighted by atomic mass is 32.1. The van der Waals surface area contributed by atoms with Crippen molar-refractivity contribution >= 4 is 21.6 Å². The van der Waals surface area contributed by atoms with Crippen LogP contribution < -0.4 is 0 Å². The van der Waals surface area contributed by atoms with Gasteiger partial charge in [-0.25, -0.2) is 13.8 Å². The van der Waals surface area contributed by atoms with Crippen LogP contribution in [0.1, 0.15) is 5.56 Å². The lowest BCUT2D eigenvalue weighted by Crippen LogP contribution is -1.88. The van der Waals surface area contributed by atoms with Crippen molar-refractivity contribution in [1.82, 2.24) is 4.98 Å². The van der Waals surface area contributed by atoms with E-state index in [0.29, 0.717) is 11.1 Å². The van der Waals surface area contributed by atoms with Gasteiger partial charge in [-0.3, -0.25) is 0 Å². The van der Waals surface area contributed by atoms with E-state index in [9.17, 15) is 8.78 Å². The number of halogens is 2. The Bertz CT molecular complexity index is 436. The second kappa shape index (κ2) is 2.48. The second-order valence-electron chi connectivity index (χ2n) is 2.52. The van der Waals surface area contributed by atoms with Gasteiger partial charge in [0.1, 0.15) is 0 Å². The van der Waals surface area contributed by atoms with Gasteiger partial charge in [0.05, 0.1) is 15.7 Å². The van der Waals surface area contributed by atoms with Crippen molar-refractivity contribution in [2.75, 3.05) is 0 Å². The number of aryl methyl sites for hydroxylation is 1. The van der Waals surface area contributed by atoms with E-state index < -0.39 is 11.6 Å². The summed E-state index contributed by atoms with van der Waals surface area (Å²) in [6.45, 7) is 1.52. The zero-order chi connectivity index (χ0) is 8.72. The minimum absolute atomic E-state index is 0.290. The first-order chi connectivity index (χ1) is 5.70. The first-order valence-electron chi connectivity index (χ1n) is 3.38. The molecule has 1 nitrogen and oxygen atoms in total. The van der Waals surface area contributed by atoms with Crippen molar-refractivity contribution in [2.24, 2.45) is 0 Å². The molecule has 0 aliphatic heterocycles. The molecular formula is C8H5F2NS. The summed E-state index contributed by atoms with van der Waals surface area (Å²) in [5.41, 5.74) is 2.33. The minimum atomic E-state index is -0.785. The van der Waals surface area contributed by atoms with E-state index in [-0.39, 0.29) is 4.70 Å². The van der Waals surface area contributed by atoms with Crippen molar-refractivity contribution < 1.29 is 8.78 Å². The third-order valence-electron chi connectivity index (χ3n) is 1.69. The Labute approximate surface area is 71.7 Å². The molecule has 1 aromatic carbocycles. The smallest absolute Gasteiger partial charge is 0.178 e. The zero-order valence-electron chi connectivity index (χ0n) is 6.27. The highest BCUT2D eigenvalue weighted by molar-refractivity contribution is 7.16. The van der Waals surface area contributed by atoms with Crippen LogP contribution >= 0.6 is 11.3 Å². The van der Waals surface area contributed by atoms with Crippen LogP contribution in [0.25, 0.3) is 10.2 Å². The van der Waals surface area contributed by atoms with E-state index in [1.807, 2.05) is 0 Å². The Morgan fingerprint density at radius 2 is 2.08 bits per heavy atom. The zero-order valence-corrected chi connectivity index (χ0v) is 7.08. The highest BCUT2D eigenvalue weighted by Gasteiger charge is 2.11. The molecule has 0 bridgehead atoms. The average Bonchev–Trinajstić information content (AvgIpc) is 2.48. The van der Waals surface area contributed by atoms with Crippen LogP contribution in [0, 0.1) is 18.6 Å². The Morgan fingerprint density at radius 1 is 1.33 bits per heavy atom. The molecule has 0 saturated carbocycles. The highest BCUT2D eigenvalue weighted by Crippen LogP contribution is 2.25. The summed E-state index contributed by atoms with van der Waals surface area (Å²) in [5.74, 6) is -1.56. The van der Waals surface area contributed by atoms with Gasteiger partial charge in [-0.2, -0.15) is 0 Å². The number of benzene rings is 1. The molecule has 12 heavy (non-hydrogen) atoms. The standard InChI is InChI=1S/C8H5F2NS/c1-4-2-5-8(12-3-11-5)7(10)6(4)9/h2-3H,1H3. The minimum Gasteiger partial charge on any atom is -0.245 e. The number of thiazole rings is 1. The van der Waals surface area contributed by atoms with Crippen molar-refractivity contribution in [3.05, 3.63) is 28.8 Å². The second-order valence-corrected chi connectivity index (χ2v) is 3.38. The van der Waals surface area contributed by atoms with Crippen LogP contribution in [-0.2, 0) is 0 Å². The molecular weight excluding hydrogens is 180 g/mol. The van der Waals surface area contributed by atoms with E-state index in [4.69, 9.17) is 0 Å². The quantitative estimate of drug-likeness (QED) is 0.615. The summed E-state index contributed by atoms with van der Waals surface area (Å²) >= 11 is 1.11. The molecule has 0 saturated heterocycles. The van der Waals surface area contributed by atoms with Gasteiger partial charge in [-0.05, 0) is 18.6 Å². The maximum Gasteiger partial charge on any atom is 0.178 e. The van der Waals surface area contributed by atoms with E-state index in [0.717, 1.165) is 11.3 Å². The van der Waals surface area contributed by atoms with Crippen molar-refractivity contribution in [3.8, 4) is 0 Å². The van der Waals surface area contributed by atoms with E-state index >= 15 is 0 Å². The Morgan fingerprint density at radius 3 is 2.83 bits per heavy atom. The molecule has 62 valence electrons. The van der Waals surface area contributed by atoms with Gasteiger partial charge >= 0.3 is 0 Å². The van der Waals surface area contributed by atoms with Crippen molar-refractivity contribution in [1.29, 1.82) is 0 Å². The van der Waals surface area contributed by atoms with Gasteiger partial charge in [0.25, 0.3) is 0 Å². The van der Waals surface area contributed by atoms with Crippen molar-refractivity contribution in [3.63, 3.8) is 0 Å². The monoisotopic (exact) mass is 185 g/mol. The fourth-order valence-electron chi connectivity index (χ4n) is 1.06. The summed E-state index contributed by atoms with van der Waals surface area (Å²) < 4.78 is 26.3. The third kappa shape index (κ3) is 0.914. The molecule has 0 amide bonds. The maximum atomic E-state index is 13.1. The van der Waals surface area contributed by atoms with E-state index in [1.165, 1.54) is 12.4 Å². The molecule has 1 aromatic heterocycles. The van der Waals surface area contributed by atoms with Gasteiger partial charge < -0.3 is 0 Å². The molecule has 1 heterocycles. The molecule has 0 unspecified atom stereocenters. The molecule has 0 N–H and O–H groups in total. The normalized spacial score (nSPS) is 10.9. The van der Waals surface area contributed by atoms with Crippen LogP contribution in [-0.4, -0.2) is 4.98 Å². The molecule has 0 fully saturated rings. The molecule has 4 heteroatoms. The van der Waals surface area contributed by atoms with Crippen LogP contribution in [0.4, 0.5) is 8.78 Å². The molecule has 2 rings (SSSR count). The third-order valence-corrected chi connectivity index (χ3v) is 2.52. The average molecular weight is 185 g/mol. The Kier molecular flexibility index (Phi) is 1.58. The van der Waals surface area contributed by atoms with Gasteiger partial charge in [0.15, 0.2) is 11.6 Å². The molecule has 0 radical (unpaired) electrons. The molecule has 0 spiro atoms. The Hall–Kier alpha value is -1.03. The molecule has 0 atom stereocenters. The summed E-state index contributed by atoms with van der Waals surface area (Å²) in [4.78, 5) is 3.89. The largest absolute Gasteiger partial charge is 0.245 e. The molecule has 0 aliphatic rings. The number of rotatable bonds is 0. The number of aromatic nitrogens is 1. The SMILES string of the molecule is Cc1cc2ncsc2c(F)c1F. The van der Waals surface area contributed by atoms with Crippen LogP contribution in [0.3, 0.4) is 0 Å². The lowest BCUT2D eigenvalue weighted by Gasteiger charge is -1.97. The summed E-state index contributed by atoms with van der Waals surface area (Å²) in [6.07, 6.45) is 0. The first kappa shape index (κ1) is 7.61. The number of fused-ring (bicyclic) bond motifs is 1. The number of nitrogens with zero attached hydrogens (tertiary/aromatic N) is 1. The topological polar surface area (TPSA) is 12.9 Å². The van der Waals surface area contributed by atoms with Crippen molar-refractivity contribution in [2.45, 2.75) is 6.92 Å². The summed E-state index contributed by atoms with van der Waals surface area (Å²) in [7, 11) is 0. The maximum absolute atomic E-state index is 13.1. The van der Waals surface area contributed by atoms with Crippen LogP contribution in [0.2, 0.25) is 0 Å². The molecule has 0 aliphatic carbocycles. The predicted molar refractivity (Wildman–Crippen MR) is 44.3 cm³/mol. The molecule has 2 aromatic rings. The fourth-order valence-corrected chi connectivity index (χ4v) is 1.76. The number of hydrogen-bond acceptors (Lipinski definition) is 2. The van der Waals surface area contributed by atoms with Gasteiger partial charge in [0.2, 0.25) is 0 Å². The lowest BCUT2D eigenvalue weighted by molar-refractivity contribution is 0.512. The number of hydrogen-bond donors (Lipinski definition) is 0. The lowest BCUT2D eigenvalue weighted by atomic mass is 10.2. The van der Waals surface area contributed by atoms with E-state index in [1.54, 1.807) is 6.07 Å². The Balaban J connectivity index is 2.94. The predicted octanol–water partition coefficient (Wildman–Crippen LogP) is 2.88. The van der Waals surface area contributed by atoms with Gasteiger partial charge in [0, 0.05) is 0 Å². The van der Waals surface area contributed by atoms with Gasteiger partial charge in [-0.1, -0.05) is 0 Å². The summed E-state index contributed by atoms with van der Waals surface area (Å²) in [6, 6.07) is 1.55. The van der Waals surface area contributed by atoms with E-state index in [2.05, 4.69) is 4.98 Å².